The predicted molar refractivity (Wildman–Crippen MR) is 125 cm³/mol. The summed E-state index contributed by atoms with van der Waals surface area (Å²) in [5, 5.41) is 7.23. The van der Waals surface area contributed by atoms with Gasteiger partial charge in [-0.05, 0) is 23.8 Å². The fourth-order valence-electron chi connectivity index (χ4n) is 3.32. The van der Waals surface area contributed by atoms with Crippen LogP contribution in [0.15, 0.2) is 96.0 Å². The van der Waals surface area contributed by atoms with Gasteiger partial charge in [-0.15, -0.1) is 0 Å². The molecule has 0 radical (unpaired) electrons. The van der Waals surface area contributed by atoms with Gasteiger partial charge in [0.25, 0.3) is 10.0 Å². The van der Waals surface area contributed by atoms with Crippen molar-refractivity contribution in [1.29, 1.82) is 0 Å². The van der Waals surface area contributed by atoms with Gasteiger partial charge in [0, 0.05) is 24.4 Å². The van der Waals surface area contributed by atoms with E-state index in [1.165, 1.54) is 13.1 Å². The van der Waals surface area contributed by atoms with Gasteiger partial charge < -0.3 is 5.32 Å². The Kier molecular flexibility index (Phi) is 6.04. The number of hydrogen-bond acceptors (Lipinski definition) is 4. The van der Waals surface area contributed by atoms with E-state index >= 15 is 0 Å². The zero-order chi connectivity index (χ0) is 22.6. The molecule has 162 valence electrons. The number of carbonyl (C=O) groups excluding carboxylic acids is 1. The highest BCUT2D eigenvalue weighted by Gasteiger charge is 2.24. The van der Waals surface area contributed by atoms with Crippen molar-refractivity contribution >= 4 is 27.3 Å². The minimum Gasteiger partial charge on any atom is -0.326 e. The summed E-state index contributed by atoms with van der Waals surface area (Å²) in [5.74, 6) is -0.237. The van der Waals surface area contributed by atoms with Crippen LogP contribution in [0.5, 0.6) is 0 Å². The molecule has 8 heteroatoms. The lowest BCUT2D eigenvalue weighted by atomic mass is 10.2. The van der Waals surface area contributed by atoms with E-state index in [4.69, 9.17) is 0 Å². The van der Waals surface area contributed by atoms with Gasteiger partial charge in [-0.3, -0.25) is 14.2 Å². The quantitative estimate of drug-likeness (QED) is 0.441. The van der Waals surface area contributed by atoms with Gasteiger partial charge in [0.05, 0.1) is 12.2 Å². The van der Waals surface area contributed by atoms with Crippen LogP contribution in [-0.2, 0) is 21.4 Å². The van der Waals surface area contributed by atoms with Crippen molar-refractivity contribution in [3.63, 3.8) is 0 Å². The second-order valence-corrected chi connectivity index (χ2v) is 8.91. The Bertz CT molecular complexity index is 1330. The Morgan fingerprint density at radius 2 is 1.56 bits per heavy atom. The second-order valence-electron chi connectivity index (χ2n) is 7.26. The Hall–Kier alpha value is -3.91. The van der Waals surface area contributed by atoms with Crippen molar-refractivity contribution in [2.75, 3.05) is 10.0 Å². The maximum atomic E-state index is 13.3. The van der Waals surface area contributed by atoms with Crippen LogP contribution < -0.4 is 10.0 Å². The Morgan fingerprint density at radius 1 is 0.906 bits per heavy atom. The number of sulfonamides is 1. The zero-order valence-corrected chi connectivity index (χ0v) is 18.2. The maximum absolute atomic E-state index is 13.3. The summed E-state index contributed by atoms with van der Waals surface area (Å²) in [6.07, 6.45) is 1.54. The van der Waals surface area contributed by atoms with Gasteiger partial charge in [-0.1, -0.05) is 66.7 Å². The molecular weight excluding hydrogens is 424 g/mol. The van der Waals surface area contributed by atoms with Gasteiger partial charge in [0.1, 0.15) is 10.6 Å². The molecule has 0 bridgehead atoms. The summed E-state index contributed by atoms with van der Waals surface area (Å²) in [4.78, 5) is 11.4. The molecule has 7 nitrogen and oxygen atoms in total. The van der Waals surface area contributed by atoms with E-state index in [2.05, 4.69) is 15.1 Å². The fourth-order valence-corrected chi connectivity index (χ4v) is 4.54. The van der Waals surface area contributed by atoms with Crippen LogP contribution in [0.25, 0.3) is 11.3 Å². The predicted octanol–water partition coefficient (Wildman–Crippen LogP) is 4.36. The molecule has 4 rings (SSSR count). The Labute approximate surface area is 186 Å². The number of anilines is 2. The molecule has 0 saturated heterocycles. The highest BCUT2D eigenvalue weighted by Crippen LogP contribution is 2.28. The lowest BCUT2D eigenvalue weighted by molar-refractivity contribution is -0.114. The largest absolute Gasteiger partial charge is 0.326 e. The molecule has 0 saturated carbocycles. The Balaban J connectivity index is 1.71. The smallest absolute Gasteiger partial charge is 0.265 e. The first-order valence-corrected chi connectivity index (χ1v) is 11.5. The molecule has 1 aromatic heterocycles. The monoisotopic (exact) mass is 446 g/mol. The first-order chi connectivity index (χ1) is 15.4. The van der Waals surface area contributed by atoms with Crippen molar-refractivity contribution in [2.24, 2.45) is 0 Å². The SMILES string of the molecule is CC(=O)Nc1cccc(NS(=O)(=O)c2cn(Cc3ccccc3)nc2-c2ccccc2)c1. The maximum Gasteiger partial charge on any atom is 0.265 e. The van der Waals surface area contributed by atoms with Gasteiger partial charge in [-0.2, -0.15) is 5.10 Å². The molecular formula is C24H22N4O3S. The third-order valence-electron chi connectivity index (χ3n) is 4.69. The zero-order valence-electron chi connectivity index (χ0n) is 17.4. The van der Waals surface area contributed by atoms with E-state index in [0.717, 1.165) is 5.56 Å². The minimum absolute atomic E-state index is 0.0737. The van der Waals surface area contributed by atoms with Crippen molar-refractivity contribution in [3.8, 4) is 11.3 Å². The first-order valence-electron chi connectivity index (χ1n) is 9.98. The number of hydrogen-bond donors (Lipinski definition) is 2. The van der Waals surface area contributed by atoms with Crippen molar-refractivity contribution in [1.82, 2.24) is 9.78 Å². The summed E-state index contributed by atoms with van der Waals surface area (Å²) in [5.41, 5.74) is 2.92. The third-order valence-corrected chi connectivity index (χ3v) is 6.07. The molecule has 1 amide bonds. The van der Waals surface area contributed by atoms with E-state index in [9.17, 15) is 13.2 Å². The molecule has 0 fully saturated rings. The fraction of sp³-hybridized carbons (Fsp3) is 0.0833. The first kappa shape index (κ1) is 21.3. The number of aromatic nitrogens is 2. The van der Waals surface area contributed by atoms with Crippen molar-refractivity contribution in [3.05, 3.63) is 96.7 Å². The molecule has 4 aromatic rings. The molecule has 0 atom stereocenters. The number of amides is 1. The summed E-state index contributed by atoms with van der Waals surface area (Å²) in [6, 6.07) is 25.4. The van der Waals surface area contributed by atoms with E-state index in [1.54, 1.807) is 28.9 Å². The summed E-state index contributed by atoms with van der Waals surface area (Å²) >= 11 is 0. The average Bonchev–Trinajstić information content (AvgIpc) is 3.19. The molecule has 0 aliphatic carbocycles. The van der Waals surface area contributed by atoms with E-state index in [1.807, 2.05) is 60.7 Å². The van der Waals surface area contributed by atoms with Crippen LogP contribution in [-0.4, -0.2) is 24.1 Å². The molecule has 1 heterocycles. The minimum atomic E-state index is -3.95. The van der Waals surface area contributed by atoms with E-state index in [0.29, 0.717) is 29.2 Å². The molecule has 3 aromatic carbocycles. The van der Waals surface area contributed by atoms with Gasteiger partial charge >= 0.3 is 0 Å². The Morgan fingerprint density at radius 3 is 2.25 bits per heavy atom. The normalized spacial score (nSPS) is 11.2. The standard InChI is InChI=1S/C24H22N4O3S/c1-18(29)25-21-13-8-14-22(15-21)27-32(30,31)23-17-28(16-19-9-4-2-5-10-19)26-24(23)20-11-6-3-7-12-20/h2-15,17,27H,16H2,1H3,(H,25,29). The van der Waals surface area contributed by atoms with Crippen LogP contribution in [0.3, 0.4) is 0 Å². The summed E-state index contributed by atoms with van der Waals surface area (Å²) < 4.78 is 30.9. The molecule has 0 aliphatic heterocycles. The van der Waals surface area contributed by atoms with Crippen molar-refractivity contribution < 1.29 is 13.2 Å². The van der Waals surface area contributed by atoms with Gasteiger partial charge in [0.15, 0.2) is 0 Å². The molecule has 32 heavy (non-hydrogen) atoms. The third kappa shape index (κ3) is 5.04. The molecule has 0 aliphatic rings. The van der Waals surface area contributed by atoms with E-state index < -0.39 is 10.0 Å². The summed E-state index contributed by atoms with van der Waals surface area (Å²) in [6.45, 7) is 1.83. The van der Waals surface area contributed by atoms with Crippen LogP contribution in [0.2, 0.25) is 0 Å². The highest BCUT2D eigenvalue weighted by atomic mass is 32.2. The van der Waals surface area contributed by atoms with Crippen LogP contribution in [0.4, 0.5) is 11.4 Å². The summed E-state index contributed by atoms with van der Waals surface area (Å²) in [7, 11) is -3.95. The number of benzene rings is 3. The highest BCUT2D eigenvalue weighted by molar-refractivity contribution is 7.92. The number of carbonyl (C=O) groups is 1. The van der Waals surface area contributed by atoms with Crippen molar-refractivity contribution in [2.45, 2.75) is 18.4 Å². The number of nitrogens with one attached hydrogen (secondary N) is 2. The van der Waals surface area contributed by atoms with Gasteiger partial charge in [-0.25, -0.2) is 8.42 Å². The van der Waals surface area contributed by atoms with E-state index in [-0.39, 0.29) is 10.8 Å². The second kappa shape index (κ2) is 9.07. The molecule has 2 N–H and O–H groups in total. The average molecular weight is 447 g/mol. The van der Waals surface area contributed by atoms with Crippen LogP contribution in [0, 0.1) is 0 Å². The van der Waals surface area contributed by atoms with Crippen LogP contribution >= 0.6 is 0 Å². The lowest BCUT2D eigenvalue weighted by Gasteiger charge is -2.10. The lowest BCUT2D eigenvalue weighted by Crippen LogP contribution is -2.14. The topological polar surface area (TPSA) is 93.1 Å². The number of rotatable bonds is 7. The number of nitrogens with zero attached hydrogens (tertiary/aromatic N) is 2. The van der Waals surface area contributed by atoms with Crippen LogP contribution in [0.1, 0.15) is 12.5 Å². The molecule has 0 spiro atoms. The molecule has 0 unspecified atom stereocenters. The van der Waals surface area contributed by atoms with Gasteiger partial charge in [0.2, 0.25) is 5.91 Å².